The summed E-state index contributed by atoms with van der Waals surface area (Å²) in [6.07, 6.45) is 10.6. The van der Waals surface area contributed by atoms with Gasteiger partial charge in [-0.25, -0.2) is 9.13 Å². The van der Waals surface area contributed by atoms with Crippen molar-refractivity contribution in [3.8, 4) is 0 Å². The summed E-state index contributed by atoms with van der Waals surface area (Å²) in [5, 5.41) is 0. The van der Waals surface area contributed by atoms with Crippen LogP contribution < -0.4 is 57.1 Å². The van der Waals surface area contributed by atoms with Crippen molar-refractivity contribution < 1.29 is 57.1 Å². The molecule has 18 heavy (non-hydrogen) atoms. The SMILES string of the molecule is C[n+]1ccc(CCc2cc[n+](C)cc2)cc1.[I-].[I-]. The molecule has 0 fully saturated rings. The lowest BCUT2D eigenvalue weighted by Crippen LogP contribution is -3.00. The van der Waals surface area contributed by atoms with E-state index in [4.69, 9.17) is 0 Å². The van der Waals surface area contributed by atoms with Crippen LogP contribution in [-0.2, 0) is 26.9 Å². The fourth-order valence-corrected chi connectivity index (χ4v) is 1.69. The summed E-state index contributed by atoms with van der Waals surface area (Å²) in [5.41, 5.74) is 2.79. The van der Waals surface area contributed by atoms with Gasteiger partial charge in [-0.05, 0) is 24.0 Å². The van der Waals surface area contributed by atoms with Crippen LogP contribution in [-0.4, -0.2) is 0 Å². The summed E-state index contributed by atoms with van der Waals surface area (Å²) < 4.78 is 4.12. The smallest absolute Gasteiger partial charge is 0.168 e. The highest BCUT2D eigenvalue weighted by Gasteiger charge is 1.99. The van der Waals surface area contributed by atoms with Gasteiger partial charge in [-0.1, -0.05) is 0 Å². The first kappa shape index (κ1) is 17.8. The summed E-state index contributed by atoms with van der Waals surface area (Å²) >= 11 is 0. The minimum absolute atomic E-state index is 0. The van der Waals surface area contributed by atoms with Crippen LogP contribution in [0.25, 0.3) is 0 Å². The van der Waals surface area contributed by atoms with Gasteiger partial charge in [0.05, 0.1) is 0 Å². The highest BCUT2D eigenvalue weighted by molar-refractivity contribution is 5.13. The van der Waals surface area contributed by atoms with E-state index < -0.39 is 0 Å². The highest BCUT2D eigenvalue weighted by Crippen LogP contribution is 2.04. The molecule has 0 unspecified atom stereocenters. The van der Waals surface area contributed by atoms with Gasteiger partial charge in [-0.3, -0.25) is 0 Å². The molecular formula is C14H18I2N2. The van der Waals surface area contributed by atoms with Crippen LogP contribution in [0, 0.1) is 0 Å². The lowest BCUT2D eigenvalue weighted by Gasteiger charge is -2.00. The second kappa shape index (κ2) is 8.79. The van der Waals surface area contributed by atoms with E-state index in [9.17, 15) is 0 Å². The van der Waals surface area contributed by atoms with Crippen molar-refractivity contribution >= 4 is 0 Å². The normalized spacial score (nSPS) is 9.22. The van der Waals surface area contributed by atoms with Crippen molar-refractivity contribution in [2.24, 2.45) is 14.1 Å². The number of hydrogen-bond acceptors (Lipinski definition) is 0. The lowest BCUT2D eigenvalue weighted by atomic mass is 10.1. The first-order valence-corrected chi connectivity index (χ1v) is 5.62. The maximum Gasteiger partial charge on any atom is 0.168 e. The summed E-state index contributed by atoms with van der Waals surface area (Å²) in [7, 11) is 4.09. The summed E-state index contributed by atoms with van der Waals surface area (Å²) in [4.78, 5) is 0. The molecule has 2 aromatic rings. The number of aryl methyl sites for hydroxylation is 4. The van der Waals surface area contributed by atoms with Crippen molar-refractivity contribution in [1.82, 2.24) is 0 Å². The van der Waals surface area contributed by atoms with Crippen molar-refractivity contribution in [2.75, 3.05) is 0 Å². The second-order valence-corrected chi connectivity index (χ2v) is 4.24. The first-order valence-electron chi connectivity index (χ1n) is 5.62. The zero-order chi connectivity index (χ0) is 11.4. The zero-order valence-electron chi connectivity index (χ0n) is 10.7. The first-order chi connectivity index (χ1) is 7.74. The molecule has 0 aliphatic carbocycles. The largest absolute Gasteiger partial charge is 1.00 e. The Morgan fingerprint density at radius 2 is 0.944 bits per heavy atom. The second-order valence-electron chi connectivity index (χ2n) is 4.24. The molecule has 4 heteroatoms. The molecule has 0 saturated heterocycles. The molecule has 0 aliphatic rings. The van der Waals surface area contributed by atoms with E-state index >= 15 is 0 Å². The van der Waals surface area contributed by atoms with Crippen LogP contribution in [0.1, 0.15) is 11.1 Å². The summed E-state index contributed by atoms with van der Waals surface area (Å²) in [5.74, 6) is 0. The Labute approximate surface area is 143 Å². The molecule has 0 bridgehead atoms. The third-order valence-corrected chi connectivity index (χ3v) is 2.80. The predicted molar refractivity (Wildman–Crippen MR) is 62.6 cm³/mol. The molecule has 2 rings (SSSR count). The Kier molecular flexibility index (Phi) is 8.67. The summed E-state index contributed by atoms with van der Waals surface area (Å²) in [6.45, 7) is 0. The molecule has 2 aromatic heterocycles. The standard InChI is InChI=1S/C14H18N2.2HI/c1-15-9-5-13(6-10-15)3-4-14-7-11-16(2)12-8-14;;/h5-12H,3-4H2,1-2H3;2*1H/q+2;;/p-2. The van der Waals surface area contributed by atoms with Gasteiger partial charge in [0.1, 0.15) is 14.1 Å². The Bertz CT molecular complexity index is 407. The van der Waals surface area contributed by atoms with Crippen LogP contribution in [0.15, 0.2) is 49.1 Å². The zero-order valence-corrected chi connectivity index (χ0v) is 15.0. The lowest BCUT2D eigenvalue weighted by molar-refractivity contribution is -0.671. The number of nitrogens with zero attached hydrogens (tertiary/aromatic N) is 2. The van der Waals surface area contributed by atoms with E-state index in [1.165, 1.54) is 11.1 Å². The van der Waals surface area contributed by atoms with Gasteiger partial charge in [-0.15, -0.1) is 0 Å². The fraction of sp³-hybridized carbons (Fsp3) is 0.286. The van der Waals surface area contributed by atoms with Crippen LogP contribution in [0.4, 0.5) is 0 Å². The predicted octanol–water partition coefficient (Wildman–Crippen LogP) is -4.87. The molecule has 0 atom stereocenters. The molecule has 0 spiro atoms. The van der Waals surface area contributed by atoms with Crippen molar-refractivity contribution in [1.29, 1.82) is 0 Å². The van der Waals surface area contributed by atoms with Crippen molar-refractivity contribution in [3.05, 3.63) is 60.2 Å². The average molecular weight is 468 g/mol. The van der Waals surface area contributed by atoms with Gasteiger partial charge < -0.3 is 48.0 Å². The highest BCUT2D eigenvalue weighted by atomic mass is 127. The van der Waals surface area contributed by atoms with E-state index in [2.05, 4.69) is 58.2 Å². The van der Waals surface area contributed by atoms with Crippen LogP contribution in [0.5, 0.6) is 0 Å². The molecule has 0 aromatic carbocycles. The van der Waals surface area contributed by atoms with Crippen molar-refractivity contribution in [2.45, 2.75) is 12.8 Å². The Morgan fingerprint density at radius 3 is 1.22 bits per heavy atom. The minimum atomic E-state index is 0. The summed E-state index contributed by atoms with van der Waals surface area (Å²) in [6, 6.07) is 8.73. The van der Waals surface area contributed by atoms with Crippen LogP contribution >= 0.6 is 0 Å². The molecule has 0 amide bonds. The quantitative estimate of drug-likeness (QED) is 0.316. The molecule has 0 radical (unpaired) electrons. The Balaban J connectivity index is 0.00000144. The number of aromatic nitrogens is 2. The molecule has 0 saturated carbocycles. The van der Waals surface area contributed by atoms with E-state index in [0.717, 1.165) is 12.8 Å². The van der Waals surface area contributed by atoms with E-state index in [1.54, 1.807) is 0 Å². The number of pyridine rings is 2. The van der Waals surface area contributed by atoms with Crippen molar-refractivity contribution in [3.63, 3.8) is 0 Å². The Hall–Kier alpha value is -0.240. The number of halogens is 2. The van der Waals surface area contributed by atoms with E-state index in [1.807, 2.05) is 14.1 Å². The van der Waals surface area contributed by atoms with Gasteiger partial charge in [-0.2, -0.15) is 0 Å². The monoisotopic (exact) mass is 468 g/mol. The third-order valence-electron chi connectivity index (χ3n) is 2.80. The fourth-order valence-electron chi connectivity index (χ4n) is 1.69. The van der Waals surface area contributed by atoms with Gasteiger partial charge in [0.2, 0.25) is 0 Å². The van der Waals surface area contributed by atoms with Gasteiger partial charge in [0, 0.05) is 24.3 Å². The number of hydrogen-bond donors (Lipinski definition) is 0. The average Bonchev–Trinajstić information content (AvgIpc) is 2.30. The molecule has 2 heterocycles. The molecule has 98 valence electrons. The Morgan fingerprint density at radius 1 is 0.667 bits per heavy atom. The maximum atomic E-state index is 2.18. The molecular weight excluding hydrogens is 450 g/mol. The van der Waals surface area contributed by atoms with Crippen LogP contribution in [0.2, 0.25) is 0 Å². The minimum Gasteiger partial charge on any atom is -1.00 e. The molecule has 0 N–H and O–H groups in total. The van der Waals surface area contributed by atoms with E-state index in [0.29, 0.717) is 0 Å². The number of rotatable bonds is 3. The topological polar surface area (TPSA) is 7.76 Å². The third kappa shape index (κ3) is 5.60. The van der Waals surface area contributed by atoms with E-state index in [-0.39, 0.29) is 48.0 Å². The van der Waals surface area contributed by atoms with Gasteiger partial charge in [0.15, 0.2) is 24.8 Å². The van der Waals surface area contributed by atoms with Crippen LogP contribution in [0.3, 0.4) is 0 Å². The van der Waals surface area contributed by atoms with Gasteiger partial charge in [0.25, 0.3) is 0 Å². The van der Waals surface area contributed by atoms with Gasteiger partial charge >= 0.3 is 0 Å². The molecule has 0 aliphatic heterocycles. The molecule has 2 nitrogen and oxygen atoms in total. The maximum absolute atomic E-state index is 2.18.